The number of pyridine rings is 1. The smallest absolute Gasteiger partial charge is 0.346 e. The van der Waals surface area contributed by atoms with Gasteiger partial charge in [-0.25, -0.2) is 9.18 Å². The van der Waals surface area contributed by atoms with Gasteiger partial charge in [-0.2, -0.15) is 9.78 Å². The third kappa shape index (κ3) is 4.94. The van der Waals surface area contributed by atoms with Crippen LogP contribution in [0.15, 0.2) is 76.6 Å². The Hall–Kier alpha value is -4.11. The molecule has 4 aromatic rings. The van der Waals surface area contributed by atoms with E-state index in [0.717, 1.165) is 15.3 Å². The van der Waals surface area contributed by atoms with Crippen molar-refractivity contribution >= 4 is 17.5 Å². The highest BCUT2D eigenvalue weighted by molar-refractivity contribution is 6.30. The van der Waals surface area contributed by atoms with Gasteiger partial charge < -0.3 is 5.32 Å². The van der Waals surface area contributed by atoms with E-state index in [4.69, 9.17) is 11.6 Å². The summed E-state index contributed by atoms with van der Waals surface area (Å²) in [6.45, 7) is 1.52. The monoisotopic (exact) mass is 479 g/mol. The Kier molecular flexibility index (Phi) is 6.65. The second-order valence-electron chi connectivity index (χ2n) is 7.54. The summed E-state index contributed by atoms with van der Waals surface area (Å²) in [4.78, 5) is 43.2. The first-order chi connectivity index (χ1) is 16.3. The molecule has 34 heavy (non-hydrogen) atoms. The molecule has 1 amide bonds. The van der Waals surface area contributed by atoms with Gasteiger partial charge in [0, 0.05) is 30.0 Å². The van der Waals surface area contributed by atoms with Gasteiger partial charge in [-0.05, 0) is 47.9 Å². The van der Waals surface area contributed by atoms with Gasteiger partial charge in [-0.3, -0.25) is 19.1 Å². The van der Waals surface area contributed by atoms with Crippen molar-refractivity contribution in [2.24, 2.45) is 0 Å². The highest BCUT2D eigenvalue weighted by atomic mass is 35.5. The van der Waals surface area contributed by atoms with E-state index in [2.05, 4.69) is 15.4 Å². The number of carbonyl (C=O) groups excluding carboxylic acids is 1. The van der Waals surface area contributed by atoms with Gasteiger partial charge in [0.05, 0.1) is 12.2 Å². The first kappa shape index (κ1) is 23.1. The summed E-state index contributed by atoms with van der Waals surface area (Å²) in [5, 5.41) is 7.03. The van der Waals surface area contributed by atoms with Gasteiger partial charge >= 0.3 is 5.69 Å². The van der Waals surface area contributed by atoms with Gasteiger partial charge in [0.1, 0.15) is 5.82 Å². The normalized spacial score (nSPS) is 10.8. The van der Waals surface area contributed by atoms with E-state index >= 15 is 0 Å². The van der Waals surface area contributed by atoms with Crippen molar-refractivity contribution in [2.75, 3.05) is 0 Å². The number of aryl methyl sites for hydroxylation is 1. The Morgan fingerprint density at radius 1 is 1.09 bits per heavy atom. The fraction of sp³-hybridized carbons (Fsp3) is 0.125. The lowest BCUT2D eigenvalue weighted by atomic mass is 10.2. The molecule has 4 rings (SSSR count). The third-order valence-corrected chi connectivity index (χ3v) is 5.32. The summed E-state index contributed by atoms with van der Waals surface area (Å²) in [6, 6.07) is 14.2. The quantitative estimate of drug-likeness (QED) is 0.458. The van der Waals surface area contributed by atoms with E-state index in [-0.39, 0.29) is 18.8 Å². The van der Waals surface area contributed by atoms with Crippen molar-refractivity contribution in [3.05, 3.63) is 121 Å². The van der Waals surface area contributed by atoms with Crippen LogP contribution in [0.1, 0.15) is 27.2 Å². The lowest BCUT2D eigenvalue weighted by Gasteiger charge is -2.13. The number of rotatable bonds is 6. The first-order valence-electron chi connectivity index (χ1n) is 10.3. The average molecular weight is 480 g/mol. The molecule has 0 saturated carbocycles. The molecule has 0 radical (unpaired) electrons. The summed E-state index contributed by atoms with van der Waals surface area (Å²) in [7, 11) is 0. The van der Waals surface area contributed by atoms with Crippen molar-refractivity contribution in [1.82, 2.24) is 24.6 Å². The number of hydrogen-bond donors (Lipinski definition) is 1. The van der Waals surface area contributed by atoms with Crippen LogP contribution in [0.2, 0.25) is 5.02 Å². The van der Waals surface area contributed by atoms with Crippen molar-refractivity contribution in [3.63, 3.8) is 0 Å². The van der Waals surface area contributed by atoms with Gasteiger partial charge in [0.25, 0.3) is 11.5 Å². The third-order valence-electron chi connectivity index (χ3n) is 5.08. The molecule has 0 aliphatic carbocycles. The van der Waals surface area contributed by atoms with Crippen LogP contribution in [0, 0.1) is 12.7 Å². The zero-order valence-electron chi connectivity index (χ0n) is 18.0. The van der Waals surface area contributed by atoms with Crippen LogP contribution >= 0.6 is 11.6 Å². The van der Waals surface area contributed by atoms with Gasteiger partial charge in [-0.1, -0.05) is 35.9 Å². The van der Waals surface area contributed by atoms with E-state index < -0.39 is 28.7 Å². The molecule has 2 aromatic heterocycles. The lowest BCUT2D eigenvalue weighted by Crippen LogP contribution is -2.46. The minimum absolute atomic E-state index is 0.0780. The number of nitrogens with zero attached hydrogens (tertiary/aromatic N) is 4. The molecule has 0 fully saturated rings. The molecule has 0 saturated heterocycles. The number of aromatic nitrogens is 4. The summed E-state index contributed by atoms with van der Waals surface area (Å²) in [5.41, 5.74) is -0.473. The zero-order chi connectivity index (χ0) is 24.2. The van der Waals surface area contributed by atoms with Gasteiger partial charge in [-0.15, -0.1) is 0 Å². The molecule has 10 heteroatoms. The minimum atomic E-state index is -0.877. The molecule has 1 N–H and O–H groups in total. The predicted octanol–water partition coefficient (Wildman–Crippen LogP) is 2.87. The molecule has 2 aromatic carbocycles. The predicted molar refractivity (Wildman–Crippen MR) is 125 cm³/mol. The average Bonchev–Trinajstić information content (AvgIpc) is 2.83. The molecule has 2 heterocycles. The van der Waals surface area contributed by atoms with Crippen LogP contribution in [0.25, 0.3) is 5.69 Å². The maximum absolute atomic E-state index is 14.2. The maximum atomic E-state index is 14.2. The number of carbonyl (C=O) groups is 1. The van der Waals surface area contributed by atoms with Crippen LogP contribution in [0.4, 0.5) is 4.39 Å². The molecular formula is C24H19ClFN5O3. The van der Waals surface area contributed by atoms with Crippen molar-refractivity contribution in [1.29, 1.82) is 0 Å². The van der Waals surface area contributed by atoms with E-state index in [1.165, 1.54) is 12.1 Å². The standard InChI is InChI=1S/C24H19ClFN5O3/c1-15-7-8-19(11-20(15)26)31-24(34)30(14-16-4-2-6-18(25)10-16)23(33)21(29-31)22(32)28-13-17-5-3-9-27-12-17/h2-12H,13-14H2,1H3,(H,28,32). The van der Waals surface area contributed by atoms with Gasteiger partial charge in [0.2, 0.25) is 5.69 Å². The molecule has 0 unspecified atom stereocenters. The van der Waals surface area contributed by atoms with E-state index in [9.17, 15) is 18.8 Å². The Labute approximate surface area is 198 Å². The summed E-state index contributed by atoms with van der Waals surface area (Å²) in [5.74, 6) is -1.34. The van der Waals surface area contributed by atoms with E-state index in [1.54, 1.807) is 55.7 Å². The topological polar surface area (TPSA) is 98.9 Å². The SMILES string of the molecule is Cc1ccc(-n2nc(C(=O)NCc3cccnc3)c(=O)n(Cc3cccc(Cl)c3)c2=O)cc1F. The largest absolute Gasteiger partial charge is 0.352 e. The Balaban J connectivity index is 1.81. The van der Waals surface area contributed by atoms with Crippen molar-refractivity contribution < 1.29 is 9.18 Å². The number of benzene rings is 2. The van der Waals surface area contributed by atoms with E-state index in [1.807, 2.05) is 0 Å². The number of hydrogen-bond acceptors (Lipinski definition) is 5. The number of nitrogens with one attached hydrogen (secondary N) is 1. The zero-order valence-corrected chi connectivity index (χ0v) is 18.8. The van der Waals surface area contributed by atoms with Crippen LogP contribution < -0.4 is 16.6 Å². The summed E-state index contributed by atoms with van der Waals surface area (Å²) in [6.07, 6.45) is 3.17. The second kappa shape index (κ2) is 9.80. The molecule has 0 aliphatic heterocycles. The van der Waals surface area contributed by atoms with Crippen LogP contribution in [-0.4, -0.2) is 25.2 Å². The second-order valence-corrected chi connectivity index (χ2v) is 7.98. The fourth-order valence-electron chi connectivity index (χ4n) is 3.26. The van der Waals surface area contributed by atoms with Crippen molar-refractivity contribution in [2.45, 2.75) is 20.0 Å². The van der Waals surface area contributed by atoms with E-state index in [0.29, 0.717) is 21.7 Å². The maximum Gasteiger partial charge on any atom is 0.352 e. The molecular weight excluding hydrogens is 461 g/mol. The highest BCUT2D eigenvalue weighted by Gasteiger charge is 2.21. The molecule has 8 nitrogen and oxygen atoms in total. The molecule has 0 spiro atoms. The Morgan fingerprint density at radius 3 is 2.59 bits per heavy atom. The van der Waals surface area contributed by atoms with Crippen LogP contribution in [0.5, 0.6) is 0 Å². The Morgan fingerprint density at radius 2 is 1.88 bits per heavy atom. The summed E-state index contributed by atoms with van der Waals surface area (Å²) < 4.78 is 15.9. The molecule has 0 bridgehead atoms. The van der Waals surface area contributed by atoms with Crippen LogP contribution in [0.3, 0.4) is 0 Å². The number of amides is 1. The van der Waals surface area contributed by atoms with Crippen LogP contribution in [-0.2, 0) is 13.1 Å². The minimum Gasteiger partial charge on any atom is -0.346 e. The fourth-order valence-corrected chi connectivity index (χ4v) is 3.48. The Bertz CT molecular complexity index is 1480. The first-order valence-corrected chi connectivity index (χ1v) is 10.6. The van der Waals surface area contributed by atoms with Gasteiger partial charge in [0.15, 0.2) is 0 Å². The lowest BCUT2D eigenvalue weighted by molar-refractivity contribution is 0.0941. The summed E-state index contributed by atoms with van der Waals surface area (Å²) >= 11 is 6.04. The molecule has 0 aliphatic rings. The highest BCUT2D eigenvalue weighted by Crippen LogP contribution is 2.13. The molecule has 0 atom stereocenters. The molecule has 172 valence electrons. The van der Waals surface area contributed by atoms with Crippen molar-refractivity contribution in [3.8, 4) is 5.69 Å². The number of halogens is 2.